The van der Waals surface area contributed by atoms with E-state index in [0.717, 1.165) is 63.7 Å². The van der Waals surface area contributed by atoms with Gasteiger partial charge in [0.15, 0.2) is 0 Å². The lowest BCUT2D eigenvalue weighted by molar-refractivity contribution is 0.0282. The molecule has 1 aromatic rings. The lowest BCUT2D eigenvalue weighted by Gasteiger charge is -2.31. The highest BCUT2D eigenvalue weighted by molar-refractivity contribution is 5.68. The Morgan fingerprint density at radius 1 is 1.04 bits per heavy atom. The maximum absolute atomic E-state index is 12.3. The van der Waals surface area contributed by atoms with Crippen molar-refractivity contribution >= 4 is 17.7 Å². The first-order valence-corrected chi connectivity index (χ1v) is 10.3. The van der Waals surface area contributed by atoms with Crippen molar-refractivity contribution in [3.05, 3.63) is 12.4 Å². The average molecular weight is 390 g/mol. The number of nitrogens with zero attached hydrogens (tertiary/aromatic N) is 5. The summed E-state index contributed by atoms with van der Waals surface area (Å²) in [5, 5.41) is 9.65. The molecule has 4 rings (SSSR count). The third kappa shape index (κ3) is 4.16. The van der Waals surface area contributed by atoms with Crippen LogP contribution < -0.4 is 9.80 Å². The topological polar surface area (TPSA) is 82.0 Å². The normalized spacial score (nSPS) is 25.9. The van der Waals surface area contributed by atoms with Crippen LogP contribution in [0.15, 0.2) is 12.4 Å². The molecule has 1 amide bonds. The van der Waals surface area contributed by atoms with Crippen LogP contribution >= 0.6 is 0 Å². The molecular weight excluding hydrogens is 358 g/mol. The fraction of sp³-hybridized carbons (Fsp3) is 0.750. The zero-order chi connectivity index (χ0) is 19.9. The van der Waals surface area contributed by atoms with E-state index in [-0.39, 0.29) is 12.2 Å². The van der Waals surface area contributed by atoms with Crippen molar-refractivity contribution in [2.45, 2.75) is 45.3 Å². The highest BCUT2D eigenvalue weighted by atomic mass is 16.6. The molecule has 0 radical (unpaired) electrons. The quantitative estimate of drug-likeness (QED) is 0.825. The van der Waals surface area contributed by atoms with Crippen LogP contribution in [0.3, 0.4) is 0 Å². The Kier molecular flexibility index (Phi) is 5.07. The van der Waals surface area contributed by atoms with Crippen molar-refractivity contribution in [1.29, 1.82) is 0 Å². The standard InChI is InChI=1S/C20H31N5O3/c1-20(2,3)28-19(27)25-12-14-10-24(11-15(14)13-25)18-21-8-16(9-22-18)23-6-4-17(26)5-7-23/h8-9,14-15,17,26H,4-7,10-13H2,1-3H3. The molecule has 0 saturated carbocycles. The molecule has 28 heavy (non-hydrogen) atoms. The van der Waals surface area contributed by atoms with Crippen LogP contribution in [0.1, 0.15) is 33.6 Å². The molecule has 3 aliphatic heterocycles. The summed E-state index contributed by atoms with van der Waals surface area (Å²) in [6.45, 7) is 10.6. The molecule has 2 unspecified atom stereocenters. The Balaban J connectivity index is 1.32. The fourth-order valence-electron chi connectivity index (χ4n) is 4.40. The largest absolute Gasteiger partial charge is 0.444 e. The molecule has 1 aromatic heterocycles. The summed E-state index contributed by atoms with van der Waals surface area (Å²) in [5.41, 5.74) is 0.564. The average Bonchev–Trinajstić information content (AvgIpc) is 3.20. The van der Waals surface area contributed by atoms with Crippen molar-refractivity contribution in [3.8, 4) is 0 Å². The van der Waals surface area contributed by atoms with Gasteiger partial charge in [0, 0.05) is 51.1 Å². The van der Waals surface area contributed by atoms with E-state index in [1.165, 1.54) is 0 Å². The number of aromatic nitrogens is 2. The molecule has 154 valence electrons. The fourth-order valence-corrected chi connectivity index (χ4v) is 4.40. The van der Waals surface area contributed by atoms with Crippen LogP contribution in [0.2, 0.25) is 0 Å². The number of carbonyl (C=O) groups is 1. The summed E-state index contributed by atoms with van der Waals surface area (Å²) in [4.78, 5) is 27.8. The minimum absolute atomic E-state index is 0.180. The van der Waals surface area contributed by atoms with Gasteiger partial charge in [-0.2, -0.15) is 0 Å². The number of ether oxygens (including phenoxy) is 1. The van der Waals surface area contributed by atoms with Gasteiger partial charge < -0.3 is 24.5 Å². The van der Waals surface area contributed by atoms with E-state index < -0.39 is 5.60 Å². The maximum Gasteiger partial charge on any atom is 0.410 e. The predicted molar refractivity (Wildman–Crippen MR) is 106 cm³/mol. The van der Waals surface area contributed by atoms with Gasteiger partial charge in [0.25, 0.3) is 0 Å². The molecule has 3 fully saturated rings. The Morgan fingerprint density at radius 2 is 1.61 bits per heavy atom. The second-order valence-electron chi connectivity index (χ2n) is 9.27. The van der Waals surface area contributed by atoms with E-state index in [2.05, 4.69) is 19.8 Å². The molecule has 3 saturated heterocycles. The van der Waals surface area contributed by atoms with Crippen LogP contribution in [0.5, 0.6) is 0 Å². The Morgan fingerprint density at radius 3 is 2.14 bits per heavy atom. The molecule has 4 heterocycles. The Bertz CT molecular complexity index is 683. The van der Waals surface area contributed by atoms with E-state index >= 15 is 0 Å². The molecule has 2 atom stereocenters. The van der Waals surface area contributed by atoms with Gasteiger partial charge in [-0.3, -0.25) is 0 Å². The first-order chi connectivity index (χ1) is 13.3. The van der Waals surface area contributed by atoms with Crippen LogP contribution in [-0.4, -0.2) is 77.0 Å². The molecule has 0 bridgehead atoms. The molecule has 3 aliphatic rings. The number of hydrogen-bond donors (Lipinski definition) is 1. The number of amides is 1. The van der Waals surface area contributed by atoms with Gasteiger partial charge in [-0.05, 0) is 33.6 Å². The number of aliphatic hydroxyl groups excluding tert-OH is 1. The first kappa shape index (κ1) is 19.2. The lowest BCUT2D eigenvalue weighted by atomic mass is 10.0. The second kappa shape index (κ2) is 7.39. The summed E-state index contributed by atoms with van der Waals surface area (Å²) in [6, 6.07) is 0. The highest BCUT2D eigenvalue weighted by Gasteiger charge is 2.43. The van der Waals surface area contributed by atoms with Crippen LogP contribution in [0.25, 0.3) is 0 Å². The van der Waals surface area contributed by atoms with E-state index in [1.807, 2.05) is 38.1 Å². The van der Waals surface area contributed by atoms with Crippen molar-refractivity contribution in [2.75, 3.05) is 49.1 Å². The van der Waals surface area contributed by atoms with Crippen LogP contribution in [0.4, 0.5) is 16.4 Å². The summed E-state index contributed by atoms with van der Waals surface area (Å²) in [7, 11) is 0. The molecule has 8 heteroatoms. The Hall–Kier alpha value is -2.09. The number of carbonyl (C=O) groups excluding carboxylic acids is 1. The van der Waals surface area contributed by atoms with E-state index in [0.29, 0.717) is 11.8 Å². The highest BCUT2D eigenvalue weighted by Crippen LogP contribution is 2.33. The number of hydrogen-bond acceptors (Lipinski definition) is 7. The van der Waals surface area contributed by atoms with Gasteiger partial charge >= 0.3 is 6.09 Å². The van der Waals surface area contributed by atoms with E-state index in [9.17, 15) is 9.90 Å². The molecular formula is C20H31N5O3. The van der Waals surface area contributed by atoms with Gasteiger partial charge in [0.05, 0.1) is 24.2 Å². The smallest absolute Gasteiger partial charge is 0.410 e. The van der Waals surface area contributed by atoms with Crippen molar-refractivity contribution in [2.24, 2.45) is 11.8 Å². The summed E-state index contributed by atoms with van der Waals surface area (Å²) in [6.07, 6.45) is 4.99. The van der Waals surface area contributed by atoms with E-state index in [4.69, 9.17) is 4.74 Å². The minimum atomic E-state index is -0.456. The minimum Gasteiger partial charge on any atom is -0.444 e. The number of likely N-dealkylation sites (tertiary alicyclic amines) is 1. The lowest BCUT2D eigenvalue weighted by Crippen LogP contribution is -2.38. The van der Waals surface area contributed by atoms with Crippen molar-refractivity contribution in [1.82, 2.24) is 14.9 Å². The summed E-state index contributed by atoms with van der Waals surface area (Å²) in [5.74, 6) is 1.65. The number of rotatable bonds is 2. The van der Waals surface area contributed by atoms with Crippen LogP contribution in [-0.2, 0) is 4.74 Å². The SMILES string of the molecule is CC(C)(C)OC(=O)N1CC2CN(c3ncc(N4CCC(O)CC4)cn3)CC2C1. The third-order valence-corrected chi connectivity index (χ3v) is 5.87. The van der Waals surface area contributed by atoms with Gasteiger partial charge in [-0.15, -0.1) is 0 Å². The number of anilines is 2. The molecule has 1 N–H and O–H groups in total. The number of fused-ring (bicyclic) bond motifs is 1. The molecule has 0 aromatic carbocycles. The number of piperidine rings is 1. The second-order valence-corrected chi connectivity index (χ2v) is 9.27. The van der Waals surface area contributed by atoms with Gasteiger partial charge in [0.2, 0.25) is 5.95 Å². The van der Waals surface area contributed by atoms with Gasteiger partial charge in [-0.25, -0.2) is 14.8 Å². The first-order valence-electron chi connectivity index (χ1n) is 10.3. The number of aliphatic hydroxyl groups is 1. The van der Waals surface area contributed by atoms with Crippen molar-refractivity contribution < 1.29 is 14.6 Å². The van der Waals surface area contributed by atoms with Gasteiger partial charge in [0.1, 0.15) is 5.60 Å². The maximum atomic E-state index is 12.3. The molecule has 0 spiro atoms. The monoisotopic (exact) mass is 389 g/mol. The third-order valence-electron chi connectivity index (χ3n) is 5.87. The zero-order valence-electron chi connectivity index (χ0n) is 17.0. The van der Waals surface area contributed by atoms with Crippen molar-refractivity contribution in [3.63, 3.8) is 0 Å². The van der Waals surface area contributed by atoms with Crippen LogP contribution in [0, 0.1) is 11.8 Å². The van der Waals surface area contributed by atoms with E-state index in [1.54, 1.807) is 0 Å². The van der Waals surface area contributed by atoms with Gasteiger partial charge in [-0.1, -0.05) is 0 Å². The Labute approximate surface area is 166 Å². The zero-order valence-corrected chi connectivity index (χ0v) is 17.0. The summed E-state index contributed by atoms with van der Waals surface area (Å²) >= 11 is 0. The summed E-state index contributed by atoms with van der Waals surface area (Å²) < 4.78 is 5.50. The molecule has 0 aliphatic carbocycles. The molecule has 8 nitrogen and oxygen atoms in total. The predicted octanol–water partition coefficient (Wildman–Crippen LogP) is 1.74.